The molecule has 1 N–H and O–H groups in total. The van der Waals surface area contributed by atoms with Gasteiger partial charge in [0.15, 0.2) is 5.60 Å². The van der Waals surface area contributed by atoms with Crippen LogP contribution in [0.15, 0.2) is 78.9 Å². The van der Waals surface area contributed by atoms with Crippen molar-refractivity contribution in [2.45, 2.75) is 44.5 Å². The summed E-state index contributed by atoms with van der Waals surface area (Å²) in [6, 6.07) is 26.9. The fourth-order valence-electron chi connectivity index (χ4n) is 4.70. The molecule has 1 unspecified atom stereocenters. The molecule has 176 valence electrons. The van der Waals surface area contributed by atoms with Gasteiger partial charge in [0.05, 0.1) is 0 Å². The minimum absolute atomic E-state index is 0.0149. The van der Waals surface area contributed by atoms with E-state index in [4.69, 9.17) is 15.9 Å². The van der Waals surface area contributed by atoms with Crippen molar-refractivity contribution in [2.24, 2.45) is 0 Å². The Kier molecular flexibility index (Phi) is 7.90. The SMILES string of the molecule is C#CCCCCN(CC)c1ccc2c(c1)C(c1ccccc1)(c1ccccc1)OC(CCO)O2. The minimum Gasteiger partial charge on any atom is -0.464 e. The van der Waals surface area contributed by atoms with Gasteiger partial charge in [-0.2, -0.15) is 0 Å². The molecule has 0 aromatic heterocycles. The van der Waals surface area contributed by atoms with Gasteiger partial charge in [-0.1, -0.05) is 60.7 Å². The Morgan fingerprint density at radius 3 is 2.24 bits per heavy atom. The Morgan fingerprint density at radius 1 is 0.971 bits per heavy atom. The second-order valence-corrected chi connectivity index (χ2v) is 8.51. The Balaban J connectivity index is 1.85. The summed E-state index contributed by atoms with van der Waals surface area (Å²) in [6.45, 7) is 3.99. The van der Waals surface area contributed by atoms with E-state index in [2.05, 4.69) is 54.1 Å². The van der Waals surface area contributed by atoms with Gasteiger partial charge < -0.3 is 19.5 Å². The molecular formula is C30H33NO3. The second-order valence-electron chi connectivity index (χ2n) is 8.51. The van der Waals surface area contributed by atoms with E-state index in [1.165, 1.54) is 0 Å². The zero-order chi connectivity index (χ0) is 23.8. The van der Waals surface area contributed by atoms with Gasteiger partial charge in [-0.25, -0.2) is 0 Å². The number of hydrogen-bond donors (Lipinski definition) is 1. The van der Waals surface area contributed by atoms with Crippen LogP contribution in [0.5, 0.6) is 5.75 Å². The number of nitrogens with zero attached hydrogens (tertiary/aromatic N) is 1. The van der Waals surface area contributed by atoms with Crippen molar-refractivity contribution in [2.75, 3.05) is 24.6 Å². The Hall–Kier alpha value is -3.26. The number of aliphatic hydroxyl groups excluding tert-OH is 1. The molecular weight excluding hydrogens is 422 g/mol. The van der Waals surface area contributed by atoms with E-state index in [9.17, 15) is 5.11 Å². The predicted octanol–water partition coefficient (Wildman–Crippen LogP) is 5.73. The number of terminal acetylenes is 1. The molecule has 1 aliphatic rings. The molecule has 0 radical (unpaired) electrons. The molecule has 3 aromatic rings. The molecule has 34 heavy (non-hydrogen) atoms. The first-order chi connectivity index (χ1) is 16.7. The third kappa shape index (κ3) is 4.82. The number of aliphatic hydroxyl groups is 1. The first kappa shape index (κ1) is 23.9. The fraction of sp³-hybridized carbons (Fsp3) is 0.333. The van der Waals surface area contributed by atoms with Gasteiger partial charge in [0.1, 0.15) is 5.75 Å². The van der Waals surface area contributed by atoms with E-state index in [1.807, 2.05) is 42.5 Å². The summed E-state index contributed by atoms with van der Waals surface area (Å²) in [4.78, 5) is 2.37. The molecule has 4 rings (SSSR count). The monoisotopic (exact) mass is 455 g/mol. The van der Waals surface area contributed by atoms with Gasteiger partial charge in [-0.05, 0) is 49.1 Å². The molecule has 1 atom stereocenters. The molecule has 0 saturated heterocycles. The van der Waals surface area contributed by atoms with Crippen molar-refractivity contribution in [3.05, 3.63) is 95.6 Å². The van der Waals surface area contributed by atoms with Crippen molar-refractivity contribution in [3.8, 4) is 18.1 Å². The van der Waals surface area contributed by atoms with Gasteiger partial charge in [0.2, 0.25) is 6.29 Å². The van der Waals surface area contributed by atoms with Crippen molar-refractivity contribution in [3.63, 3.8) is 0 Å². The highest BCUT2D eigenvalue weighted by Gasteiger charge is 2.46. The third-order valence-corrected chi connectivity index (χ3v) is 6.38. The van der Waals surface area contributed by atoms with E-state index in [-0.39, 0.29) is 6.61 Å². The molecule has 0 spiro atoms. The Morgan fingerprint density at radius 2 is 1.65 bits per heavy atom. The maximum Gasteiger partial charge on any atom is 0.203 e. The summed E-state index contributed by atoms with van der Waals surface area (Å²) in [5.41, 5.74) is 3.31. The summed E-state index contributed by atoms with van der Waals surface area (Å²) in [5.74, 6) is 3.51. The van der Waals surface area contributed by atoms with Crippen LogP contribution in [0.1, 0.15) is 49.3 Å². The van der Waals surface area contributed by atoms with E-state index in [1.54, 1.807) is 0 Å². The van der Waals surface area contributed by atoms with Crippen molar-refractivity contribution in [1.82, 2.24) is 0 Å². The number of benzene rings is 3. The van der Waals surface area contributed by atoms with Crippen LogP contribution in [0, 0.1) is 12.3 Å². The lowest BCUT2D eigenvalue weighted by Gasteiger charge is -2.43. The number of rotatable bonds is 10. The summed E-state index contributed by atoms with van der Waals surface area (Å²) in [5, 5.41) is 9.67. The van der Waals surface area contributed by atoms with Crippen LogP contribution in [-0.2, 0) is 10.3 Å². The maximum absolute atomic E-state index is 9.67. The van der Waals surface area contributed by atoms with E-state index >= 15 is 0 Å². The summed E-state index contributed by atoms with van der Waals surface area (Å²) in [6.07, 6.45) is 8.13. The zero-order valence-electron chi connectivity index (χ0n) is 19.8. The molecule has 3 aromatic carbocycles. The number of ether oxygens (including phenoxy) is 2. The van der Waals surface area contributed by atoms with Crippen LogP contribution >= 0.6 is 0 Å². The van der Waals surface area contributed by atoms with E-state index in [0.717, 1.165) is 60.5 Å². The molecule has 1 heterocycles. The molecule has 0 aliphatic carbocycles. The standard InChI is InChI=1S/C30H33NO3/c1-3-5-6-13-21-31(4-2)26-18-19-28-27(23-26)30(24-14-9-7-10-15-24,25-16-11-8-12-17-25)34-29(33-28)20-22-32/h1,7-12,14-19,23,29,32H,4-6,13,20-22H2,2H3. The maximum atomic E-state index is 9.67. The third-order valence-electron chi connectivity index (χ3n) is 6.38. The second kappa shape index (κ2) is 11.2. The molecule has 0 fully saturated rings. The van der Waals surface area contributed by atoms with Gasteiger partial charge in [-0.15, -0.1) is 12.3 Å². The number of hydrogen-bond acceptors (Lipinski definition) is 4. The molecule has 0 amide bonds. The topological polar surface area (TPSA) is 41.9 Å². The van der Waals surface area contributed by atoms with Gasteiger partial charge in [-0.3, -0.25) is 0 Å². The first-order valence-corrected chi connectivity index (χ1v) is 12.1. The van der Waals surface area contributed by atoms with Crippen LogP contribution in [0.2, 0.25) is 0 Å². The molecule has 0 bridgehead atoms. The molecule has 4 nitrogen and oxygen atoms in total. The number of fused-ring (bicyclic) bond motifs is 1. The average molecular weight is 456 g/mol. The summed E-state index contributed by atoms with van der Waals surface area (Å²) < 4.78 is 13.0. The smallest absolute Gasteiger partial charge is 0.203 e. The lowest BCUT2D eigenvalue weighted by atomic mass is 9.78. The lowest BCUT2D eigenvalue weighted by Crippen LogP contribution is -2.43. The largest absolute Gasteiger partial charge is 0.464 e. The first-order valence-electron chi connectivity index (χ1n) is 12.1. The highest BCUT2D eigenvalue weighted by atomic mass is 16.7. The van der Waals surface area contributed by atoms with Gasteiger partial charge in [0.25, 0.3) is 0 Å². The quantitative estimate of drug-likeness (QED) is 0.313. The zero-order valence-corrected chi connectivity index (χ0v) is 19.8. The van der Waals surface area contributed by atoms with Gasteiger partial charge >= 0.3 is 0 Å². The lowest BCUT2D eigenvalue weighted by molar-refractivity contribution is -0.169. The molecule has 0 saturated carbocycles. The number of unbranched alkanes of at least 4 members (excludes halogenated alkanes) is 2. The Bertz CT molecular complexity index is 1050. The highest BCUT2D eigenvalue weighted by molar-refractivity contribution is 5.61. The fourth-order valence-corrected chi connectivity index (χ4v) is 4.70. The van der Waals surface area contributed by atoms with Crippen molar-refractivity contribution in [1.29, 1.82) is 0 Å². The Labute approximate surface area is 203 Å². The van der Waals surface area contributed by atoms with E-state index < -0.39 is 11.9 Å². The predicted molar refractivity (Wildman–Crippen MR) is 137 cm³/mol. The molecule has 4 heteroatoms. The van der Waals surface area contributed by atoms with Crippen LogP contribution in [0.3, 0.4) is 0 Å². The van der Waals surface area contributed by atoms with Crippen LogP contribution < -0.4 is 9.64 Å². The minimum atomic E-state index is -0.852. The van der Waals surface area contributed by atoms with E-state index in [0.29, 0.717) is 6.42 Å². The molecule has 1 aliphatic heterocycles. The van der Waals surface area contributed by atoms with Crippen LogP contribution in [0.4, 0.5) is 5.69 Å². The van der Waals surface area contributed by atoms with Crippen molar-refractivity contribution < 1.29 is 14.6 Å². The van der Waals surface area contributed by atoms with Gasteiger partial charge in [0, 0.05) is 43.8 Å². The normalized spacial score (nSPS) is 16.2. The number of anilines is 1. The van der Waals surface area contributed by atoms with Crippen molar-refractivity contribution >= 4 is 5.69 Å². The summed E-state index contributed by atoms with van der Waals surface area (Å²) in [7, 11) is 0. The van der Waals surface area contributed by atoms with Crippen LogP contribution in [0.25, 0.3) is 0 Å². The highest BCUT2D eigenvalue weighted by Crippen LogP contribution is 2.49. The summed E-state index contributed by atoms with van der Waals surface area (Å²) >= 11 is 0. The van der Waals surface area contributed by atoms with Crippen LogP contribution in [-0.4, -0.2) is 31.1 Å². The average Bonchev–Trinajstić information content (AvgIpc) is 2.89.